The van der Waals surface area contributed by atoms with Crippen molar-refractivity contribution in [3.8, 4) is 10.6 Å². The Morgan fingerprint density at radius 3 is 2.94 bits per heavy atom. The van der Waals surface area contributed by atoms with Crippen LogP contribution in [-0.4, -0.2) is 18.1 Å². The summed E-state index contributed by atoms with van der Waals surface area (Å²) in [5.41, 5.74) is 7.98. The molecule has 0 atom stereocenters. The Labute approximate surface area is 103 Å². The first-order valence-electron chi connectivity index (χ1n) is 5.08. The van der Waals surface area contributed by atoms with E-state index in [0.29, 0.717) is 12.2 Å². The summed E-state index contributed by atoms with van der Waals surface area (Å²) in [5.74, 6) is -0.419. The Morgan fingerprint density at radius 1 is 1.47 bits per heavy atom. The lowest BCUT2D eigenvalue weighted by Crippen LogP contribution is -2.02. The summed E-state index contributed by atoms with van der Waals surface area (Å²) in [4.78, 5) is 15.6. The molecule has 2 N–H and O–H groups in total. The third-order valence-corrected chi connectivity index (χ3v) is 3.24. The highest BCUT2D eigenvalue weighted by atomic mass is 32.1. The summed E-state index contributed by atoms with van der Waals surface area (Å²) < 4.78 is 4.62. The van der Waals surface area contributed by atoms with Crippen molar-refractivity contribution in [3.63, 3.8) is 0 Å². The van der Waals surface area contributed by atoms with Crippen LogP contribution in [0.1, 0.15) is 16.1 Å². The van der Waals surface area contributed by atoms with Gasteiger partial charge in [-0.05, 0) is 5.56 Å². The first-order valence-corrected chi connectivity index (χ1v) is 5.96. The molecule has 1 heterocycles. The molecule has 2 aromatic rings. The van der Waals surface area contributed by atoms with E-state index in [4.69, 9.17) is 5.73 Å². The normalized spacial score (nSPS) is 10.2. The molecule has 17 heavy (non-hydrogen) atoms. The lowest BCUT2D eigenvalue weighted by molar-refractivity contribution is 0.0595. The predicted molar refractivity (Wildman–Crippen MR) is 66.8 cm³/mol. The molecule has 0 fully saturated rings. The van der Waals surface area contributed by atoms with Crippen molar-refractivity contribution in [2.24, 2.45) is 5.73 Å². The van der Waals surface area contributed by atoms with E-state index >= 15 is 0 Å². The van der Waals surface area contributed by atoms with Crippen LogP contribution in [0.5, 0.6) is 0 Å². The molecule has 0 aliphatic rings. The molecule has 0 unspecified atom stereocenters. The number of esters is 1. The molecule has 0 radical (unpaired) electrons. The Morgan fingerprint density at radius 2 is 2.24 bits per heavy atom. The quantitative estimate of drug-likeness (QED) is 0.844. The number of rotatable bonds is 3. The minimum absolute atomic E-state index is 0.333. The zero-order valence-corrected chi connectivity index (χ0v) is 10.2. The zero-order chi connectivity index (χ0) is 12.3. The largest absolute Gasteiger partial charge is 0.464 e. The molecule has 0 saturated carbocycles. The number of carbonyl (C=O) groups is 1. The maximum absolute atomic E-state index is 11.3. The van der Waals surface area contributed by atoms with Crippen molar-refractivity contribution in [1.29, 1.82) is 0 Å². The molecule has 1 aromatic heterocycles. The maximum Gasteiger partial charge on any atom is 0.357 e. The second-order valence-corrected chi connectivity index (χ2v) is 4.25. The standard InChI is InChI=1S/C12H12N2O2S/c1-16-12(15)10-7-17-11(14-10)9-5-3-2-4-8(9)6-13/h2-5,7H,6,13H2,1H3. The monoisotopic (exact) mass is 248 g/mol. The number of aromatic nitrogens is 1. The van der Waals surface area contributed by atoms with E-state index in [1.807, 2.05) is 24.3 Å². The first kappa shape index (κ1) is 11.8. The van der Waals surface area contributed by atoms with Crippen LogP contribution in [0.3, 0.4) is 0 Å². The predicted octanol–water partition coefficient (Wildman–Crippen LogP) is 2.06. The molecule has 1 aromatic carbocycles. The number of benzene rings is 1. The summed E-state index contributed by atoms with van der Waals surface area (Å²) in [5, 5.41) is 2.47. The molecule has 2 rings (SSSR count). The summed E-state index contributed by atoms with van der Waals surface area (Å²) >= 11 is 1.41. The second kappa shape index (κ2) is 5.07. The van der Waals surface area contributed by atoms with Crippen LogP contribution < -0.4 is 5.73 Å². The van der Waals surface area contributed by atoms with E-state index in [9.17, 15) is 4.79 Å². The van der Waals surface area contributed by atoms with Crippen LogP contribution in [-0.2, 0) is 11.3 Å². The van der Waals surface area contributed by atoms with Gasteiger partial charge in [0.15, 0.2) is 5.69 Å². The molecule has 4 nitrogen and oxygen atoms in total. The average Bonchev–Trinajstić information content (AvgIpc) is 2.87. The van der Waals surface area contributed by atoms with Gasteiger partial charge in [-0.3, -0.25) is 0 Å². The number of nitrogens with zero attached hydrogens (tertiary/aromatic N) is 1. The maximum atomic E-state index is 11.3. The smallest absolute Gasteiger partial charge is 0.357 e. The molecule has 0 spiro atoms. The van der Waals surface area contributed by atoms with Crippen molar-refractivity contribution >= 4 is 17.3 Å². The van der Waals surface area contributed by atoms with E-state index in [1.165, 1.54) is 18.4 Å². The van der Waals surface area contributed by atoms with Crippen molar-refractivity contribution in [3.05, 3.63) is 40.9 Å². The van der Waals surface area contributed by atoms with Crippen LogP contribution in [0.15, 0.2) is 29.6 Å². The fraction of sp³-hybridized carbons (Fsp3) is 0.167. The summed E-state index contributed by atoms with van der Waals surface area (Å²) in [6.45, 7) is 0.448. The highest BCUT2D eigenvalue weighted by Crippen LogP contribution is 2.27. The molecular formula is C12H12N2O2S. The highest BCUT2D eigenvalue weighted by molar-refractivity contribution is 7.13. The van der Waals surface area contributed by atoms with E-state index in [2.05, 4.69) is 9.72 Å². The number of hydrogen-bond acceptors (Lipinski definition) is 5. The number of hydrogen-bond donors (Lipinski definition) is 1. The van der Waals surface area contributed by atoms with Gasteiger partial charge in [-0.1, -0.05) is 24.3 Å². The first-order chi connectivity index (χ1) is 8.26. The molecule has 0 aliphatic carbocycles. The van der Waals surface area contributed by atoms with E-state index in [-0.39, 0.29) is 0 Å². The van der Waals surface area contributed by atoms with Crippen LogP contribution in [0.25, 0.3) is 10.6 Å². The lowest BCUT2D eigenvalue weighted by atomic mass is 10.1. The van der Waals surface area contributed by atoms with Crippen molar-refractivity contribution in [2.75, 3.05) is 7.11 Å². The minimum Gasteiger partial charge on any atom is -0.464 e. The number of ether oxygens (including phenoxy) is 1. The molecule has 5 heteroatoms. The van der Waals surface area contributed by atoms with Gasteiger partial charge < -0.3 is 10.5 Å². The van der Waals surface area contributed by atoms with Gasteiger partial charge in [0, 0.05) is 17.5 Å². The zero-order valence-electron chi connectivity index (χ0n) is 9.34. The highest BCUT2D eigenvalue weighted by Gasteiger charge is 2.13. The summed E-state index contributed by atoms with van der Waals surface area (Å²) in [6, 6.07) is 7.75. The Bertz CT molecular complexity index is 537. The van der Waals surface area contributed by atoms with Crippen molar-refractivity contribution < 1.29 is 9.53 Å². The number of nitrogens with two attached hydrogens (primary N) is 1. The van der Waals surface area contributed by atoms with Crippen molar-refractivity contribution in [1.82, 2.24) is 4.98 Å². The van der Waals surface area contributed by atoms with Crippen LogP contribution in [0, 0.1) is 0 Å². The fourth-order valence-corrected chi connectivity index (χ4v) is 2.35. The van der Waals surface area contributed by atoms with E-state index < -0.39 is 5.97 Å². The van der Waals surface area contributed by atoms with Gasteiger partial charge >= 0.3 is 5.97 Å². The molecular weight excluding hydrogens is 236 g/mol. The number of carbonyl (C=O) groups excluding carboxylic acids is 1. The van der Waals surface area contributed by atoms with Gasteiger partial charge in [0.1, 0.15) is 5.01 Å². The molecule has 0 amide bonds. The number of thiazole rings is 1. The van der Waals surface area contributed by atoms with Gasteiger partial charge in [0.05, 0.1) is 7.11 Å². The van der Waals surface area contributed by atoms with Crippen molar-refractivity contribution in [2.45, 2.75) is 6.54 Å². The van der Waals surface area contributed by atoms with E-state index in [1.54, 1.807) is 5.38 Å². The van der Waals surface area contributed by atoms with Gasteiger partial charge in [0.2, 0.25) is 0 Å². The third-order valence-electron chi connectivity index (χ3n) is 2.37. The SMILES string of the molecule is COC(=O)c1csc(-c2ccccc2CN)n1. The lowest BCUT2D eigenvalue weighted by Gasteiger charge is -2.03. The van der Waals surface area contributed by atoms with Gasteiger partial charge in [-0.25, -0.2) is 9.78 Å². The molecule has 0 bridgehead atoms. The third kappa shape index (κ3) is 2.35. The average molecular weight is 248 g/mol. The summed E-state index contributed by atoms with van der Waals surface area (Å²) in [6.07, 6.45) is 0. The van der Waals surface area contributed by atoms with Gasteiger partial charge in [0.25, 0.3) is 0 Å². The summed E-state index contributed by atoms with van der Waals surface area (Å²) in [7, 11) is 1.34. The van der Waals surface area contributed by atoms with E-state index in [0.717, 1.165) is 16.1 Å². The second-order valence-electron chi connectivity index (χ2n) is 3.39. The Hall–Kier alpha value is -1.72. The molecule has 88 valence electrons. The van der Waals surface area contributed by atoms with Crippen LogP contribution in [0.4, 0.5) is 0 Å². The molecule has 0 aliphatic heterocycles. The fourth-order valence-electron chi connectivity index (χ4n) is 1.50. The van der Waals surface area contributed by atoms with Crippen LogP contribution in [0.2, 0.25) is 0 Å². The topological polar surface area (TPSA) is 65.2 Å². The van der Waals surface area contributed by atoms with Gasteiger partial charge in [-0.15, -0.1) is 11.3 Å². The van der Waals surface area contributed by atoms with Crippen LogP contribution >= 0.6 is 11.3 Å². The molecule has 0 saturated heterocycles. The Balaban J connectivity index is 2.40. The minimum atomic E-state index is -0.419. The van der Waals surface area contributed by atoms with Gasteiger partial charge in [-0.2, -0.15) is 0 Å². The number of methoxy groups -OCH3 is 1. The Kier molecular flexibility index (Phi) is 3.51.